The summed E-state index contributed by atoms with van der Waals surface area (Å²) >= 11 is 0. The van der Waals surface area contributed by atoms with E-state index in [4.69, 9.17) is 0 Å². The molecule has 1 saturated heterocycles. The number of nitrogens with zero attached hydrogens (tertiary/aromatic N) is 3. The van der Waals surface area contributed by atoms with Gasteiger partial charge in [0.15, 0.2) is 5.82 Å². The maximum atomic E-state index is 13.0. The predicted octanol–water partition coefficient (Wildman–Crippen LogP) is 1.47. The quantitative estimate of drug-likeness (QED) is 0.821. The number of piperidine rings is 1. The van der Waals surface area contributed by atoms with Crippen LogP contribution in [-0.2, 0) is 10.2 Å². The van der Waals surface area contributed by atoms with E-state index in [1.807, 2.05) is 0 Å². The summed E-state index contributed by atoms with van der Waals surface area (Å²) in [5.41, 5.74) is 0.0281. The molecule has 0 aromatic carbocycles. The molecule has 1 fully saturated rings. The van der Waals surface area contributed by atoms with Crippen LogP contribution in [0.25, 0.3) is 0 Å². The lowest BCUT2D eigenvalue weighted by atomic mass is 10.0. The molecule has 10 heteroatoms. The van der Waals surface area contributed by atoms with E-state index in [1.54, 1.807) is 11.8 Å². The summed E-state index contributed by atoms with van der Waals surface area (Å²) < 4.78 is 34.8. The largest absolute Gasteiger partial charge is 0.356 e. The molecule has 0 bridgehead atoms. The first-order valence-corrected chi connectivity index (χ1v) is 8.57. The molecule has 0 aliphatic carbocycles. The number of carbonyl (C=O) groups is 1. The van der Waals surface area contributed by atoms with E-state index in [9.17, 15) is 17.1 Å². The first-order valence-electron chi connectivity index (χ1n) is 7.19. The van der Waals surface area contributed by atoms with Crippen LogP contribution in [0.3, 0.4) is 0 Å². The third kappa shape index (κ3) is 3.11. The number of likely N-dealkylation sites (tertiary alicyclic amines) is 1. The Morgan fingerprint density at radius 3 is 2.83 bits per heavy atom. The lowest BCUT2D eigenvalue weighted by molar-refractivity contribution is 0.0595. The third-order valence-electron chi connectivity index (χ3n) is 3.84. The van der Waals surface area contributed by atoms with Crippen molar-refractivity contribution in [3.63, 3.8) is 0 Å². The molecule has 0 spiro atoms. The zero-order chi connectivity index (χ0) is 16.6. The van der Waals surface area contributed by atoms with Crippen molar-refractivity contribution in [2.75, 3.05) is 6.54 Å². The Morgan fingerprint density at radius 2 is 2.22 bits per heavy atom. The highest BCUT2D eigenvalue weighted by molar-refractivity contribution is 7.86. The predicted molar refractivity (Wildman–Crippen MR) is 77.8 cm³/mol. The van der Waals surface area contributed by atoms with Gasteiger partial charge in [-0.25, -0.2) is 4.98 Å². The zero-order valence-corrected chi connectivity index (χ0v) is 13.2. The molecule has 3 heterocycles. The average molecular weight is 341 g/mol. The summed E-state index contributed by atoms with van der Waals surface area (Å²) in [6.45, 7) is 2.28. The number of aromatic nitrogens is 4. The lowest BCUT2D eigenvalue weighted by Crippen LogP contribution is -2.39. The maximum Gasteiger partial charge on any atom is 0.333 e. The van der Waals surface area contributed by atoms with Gasteiger partial charge in [0.2, 0.25) is 0 Å². The summed E-state index contributed by atoms with van der Waals surface area (Å²) in [5, 5.41) is 6.87. The second kappa shape index (κ2) is 5.76. The summed E-state index contributed by atoms with van der Waals surface area (Å²) in [4.78, 5) is 20.5. The van der Waals surface area contributed by atoms with Crippen LogP contribution in [-0.4, -0.2) is 45.9 Å². The van der Waals surface area contributed by atoms with Crippen molar-refractivity contribution in [3.05, 3.63) is 29.6 Å². The molecule has 2 aromatic heterocycles. The van der Waals surface area contributed by atoms with E-state index in [-0.39, 0.29) is 11.7 Å². The van der Waals surface area contributed by atoms with Crippen LogP contribution in [0.1, 0.15) is 47.4 Å². The minimum absolute atomic E-state index is 0.0281. The number of hydrogen-bond donors (Lipinski definition) is 2. The number of aryl methyl sites for hydroxylation is 1. The zero-order valence-electron chi connectivity index (χ0n) is 12.4. The van der Waals surface area contributed by atoms with E-state index in [0.29, 0.717) is 18.2 Å². The van der Waals surface area contributed by atoms with E-state index in [1.165, 1.54) is 0 Å². The van der Waals surface area contributed by atoms with Crippen molar-refractivity contribution in [2.45, 2.75) is 37.1 Å². The van der Waals surface area contributed by atoms with Gasteiger partial charge in [-0.3, -0.25) is 9.89 Å². The highest BCUT2D eigenvalue weighted by atomic mass is 32.3. The Hall–Kier alpha value is -2.23. The van der Waals surface area contributed by atoms with E-state index in [0.717, 1.165) is 31.5 Å². The molecular weight excluding hydrogens is 325 g/mol. The van der Waals surface area contributed by atoms with Gasteiger partial charge in [-0.05, 0) is 32.3 Å². The number of rotatable bonds is 3. The minimum Gasteiger partial charge on any atom is -0.356 e. The Balaban J connectivity index is 1.88. The van der Waals surface area contributed by atoms with Gasteiger partial charge < -0.3 is 9.88 Å². The van der Waals surface area contributed by atoms with Crippen molar-refractivity contribution in [2.24, 2.45) is 0 Å². The van der Waals surface area contributed by atoms with Crippen LogP contribution in [0.15, 0.2) is 17.2 Å². The van der Waals surface area contributed by atoms with Gasteiger partial charge >= 0.3 is 10.2 Å². The number of H-pyrrole nitrogens is 2. The Bertz CT molecular complexity index is 828. The molecule has 1 amide bonds. The van der Waals surface area contributed by atoms with Gasteiger partial charge in [0.25, 0.3) is 5.91 Å². The number of aromatic amines is 2. The fourth-order valence-corrected chi connectivity index (χ4v) is 3.20. The number of carbonyl (C=O) groups excluding carboxylic acids is 1. The first kappa shape index (κ1) is 15.7. The van der Waals surface area contributed by atoms with Crippen LogP contribution in [0.4, 0.5) is 3.89 Å². The molecule has 124 valence electrons. The Morgan fingerprint density at radius 1 is 1.43 bits per heavy atom. The highest BCUT2D eigenvalue weighted by Gasteiger charge is 2.32. The second-order valence-electron chi connectivity index (χ2n) is 5.48. The highest BCUT2D eigenvalue weighted by Crippen LogP contribution is 2.30. The van der Waals surface area contributed by atoms with Gasteiger partial charge in [0, 0.05) is 12.7 Å². The van der Waals surface area contributed by atoms with E-state index < -0.39 is 21.0 Å². The van der Waals surface area contributed by atoms with Crippen LogP contribution < -0.4 is 0 Å². The molecule has 2 aromatic rings. The third-order valence-corrected chi connectivity index (χ3v) is 4.64. The normalized spacial score (nSPS) is 19.0. The second-order valence-corrected chi connectivity index (χ2v) is 6.82. The van der Waals surface area contributed by atoms with Crippen LogP contribution in [0.5, 0.6) is 0 Å². The minimum atomic E-state index is -4.84. The topological polar surface area (TPSA) is 112 Å². The number of hydrogen-bond acceptors (Lipinski definition) is 5. The molecule has 0 saturated carbocycles. The summed E-state index contributed by atoms with van der Waals surface area (Å²) in [6, 6.07) is 0.724. The van der Waals surface area contributed by atoms with Gasteiger partial charge in [0.05, 0.1) is 6.04 Å². The maximum absolute atomic E-state index is 13.0. The van der Waals surface area contributed by atoms with E-state index in [2.05, 4.69) is 20.2 Å². The standard InChI is InChI=1S/C13H16FN5O3S/c1-8-16-12(18-17-8)11-4-2-3-5-19(11)13(20)10-6-9(7-15-10)23(14,21)22/h6-7,11,15H,2-5H2,1H3,(H,16,17,18). The fourth-order valence-electron chi connectivity index (χ4n) is 2.75. The lowest BCUT2D eigenvalue weighted by Gasteiger charge is -2.33. The molecule has 1 atom stereocenters. The monoisotopic (exact) mass is 341 g/mol. The summed E-state index contributed by atoms with van der Waals surface area (Å²) in [6.07, 6.45) is 3.47. The van der Waals surface area contributed by atoms with Crippen molar-refractivity contribution >= 4 is 16.1 Å². The Labute approximate surface area is 132 Å². The average Bonchev–Trinajstić information content (AvgIpc) is 3.15. The molecular formula is C13H16FN5O3S. The smallest absolute Gasteiger partial charge is 0.333 e. The molecule has 8 nitrogen and oxygen atoms in total. The van der Waals surface area contributed by atoms with Crippen molar-refractivity contribution < 1.29 is 17.1 Å². The molecule has 2 N–H and O–H groups in total. The number of halogens is 1. The summed E-state index contributed by atoms with van der Waals surface area (Å²) in [7, 11) is -4.84. The number of amides is 1. The van der Waals surface area contributed by atoms with Gasteiger partial charge in [-0.15, -0.1) is 3.89 Å². The van der Waals surface area contributed by atoms with Gasteiger partial charge in [-0.2, -0.15) is 13.5 Å². The molecule has 3 rings (SSSR count). The van der Waals surface area contributed by atoms with E-state index >= 15 is 0 Å². The Kier molecular flexibility index (Phi) is 3.92. The molecule has 1 aliphatic heterocycles. The van der Waals surface area contributed by atoms with Crippen LogP contribution >= 0.6 is 0 Å². The van der Waals surface area contributed by atoms with Crippen LogP contribution in [0.2, 0.25) is 0 Å². The first-order chi connectivity index (χ1) is 10.9. The van der Waals surface area contributed by atoms with Crippen molar-refractivity contribution in [3.8, 4) is 0 Å². The number of nitrogens with one attached hydrogen (secondary N) is 2. The SMILES string of the molecule is Cc1nc(C2CCCCN2C(=O)c2cc(S(=O)(=O)F)c[nH]2)n[nH]1. The van der Waals surface area contributed by atoms with Gasteiger partial charge in [-0.1, -0.05) is 0 Å². The summed E-state index contributed by atoms with van der Waals surface area (Å²) in [5.74, 6) is 0.788. The molecule has 1 unspecified atom stereocenters. The van der Waals surface area contributed by atoms with Crippen LogP contribution in [0, 0.1) is 6.92 Å². The van der Waals surface area contributed by atoms with Crippen molar-refractivity contribution in [1.29, 1.82) is 0 Å². The molecule has 0 radical (unpaired) electrons. The molecule has 23 heavy (non-hydrogen) atoms. The van der Waals surface area contributed by atoms with Gasteiger partial charge in [0.1, 0.15) is 16.4 Å². The van der Waals surface area contributed by atoms with Crippen molar-refractivity contribution in [1.82, 2.24) is 25.1 Å². The fraction of sp³-hybridized carbons (Fsp3) is 0.462. The molecule has 1 aliphatic rings.